The van der Waals surface area contributed by atoms with Crippen LogP contribution < -0.4 is 0 Å². The van der Waals surface area contributed by atoms with Gasteiger partial charge in [-0.25, -0.2) is 4.90 Å². The summed E-state index contributed by atoms with van der Waals surface area (Å²) >= 11 is 0. The Morgan fingerprint density at radius 2 is 2.06 bits per heavy atom. The third-order valence-corrected chi connectivity index (χ3v) is 3.22. The Hall–Kier alpha value is -1.50. The Bertz CT molecular complexity index is 434. The predicted molar refractivity (Wildman–Crippen MR) is 58.2 cm³/mol. The largest absolute Gasteiger partial charge is 0.364 e. The summed E-state index contributed by atoms with van der Waals surface area (Å²) in [7, 11) is 0. The number of hydrogen-bond donors (Lipinski definition) is 0. The highest BCUT2D eigenvalue weighted by molar-refractivity contribution is 5.34. The van der Waals surface area contributed by atoms with Crippen LogP contribution in [0, 0.1) is 10.1 Å². The van der Waals surface area contributed by atoms with E-state index in [4.69, 9.17) is 9.47 Å². The highest BCUT2D eigenvalue weighted by Gasteiger charge is 2.39. The van der Waals surface area contributed by atoms with Crippen LogP contribution in [0.25, 0.3) is 0 Å². The zero-order chi connectivity index (χ0) is 11.8. The van der Waals surface area contributed by atoms with Crippen LogP contribution in [0.1, 0.15) is 11.7 Å². The van der Waals surface area contributed by atoms with Gasteiger partial charge in [0, 0.05) is 12.1 Å². The second-order valence-electron chi connectivity index (χ2n) is 4.22. The first-order valence-electron chi connectivity index (χ1n) is 5.43. The maximum absolute atomic E-state index is 10.6. The molecule has 0 spiro atoms. The zero-order valence-corrected chi connectivity index (χ0v) is 9.11. The van der Waals surface area contributed by atoms with Gasteiger partial charge in [0.05, 0.1) is 17.6 Å². The third-order valence-electron chi connectivity index (χ3n) is 3.22. The molecule has 3 rings (SSSR count). The monoisotopic (exact) mass is 236 g/mol. The molecule has 0 bridgehead atoms. The van der Waals surface area contributed by atoms with E-state index < -0.39 is 4.92 Å². The van der Waals surface area contributed by atoms with Crippen molar-refractivity contribution in [1.29, 1.82) is 0 Å². The van der Waals surface area contributed by atoms with Gasteiger partial charge in [-0.15, -0.1) is 0 Å². The number of fused-ring (bicyclic) bond motifs is 1. The Morgan fingerprint density at radius 3 is 2.76 bits per heavy atom. The molecule has 0 N–H and O–H groups in total. The van der Waals surface area contributed by atoms with Crippen LogP contribution in [0.4, 0.5) is 5.69 Å². The average Bonchev–Trinajstić information content (AvgIpc) is 2.90. The molecule has 1 aromatic rings. The van der Waals surface area contributed by atoms with Gasteiger partial charge in [-0.05, 0) is 17.7 Å². The molecule has 6 nitrogen and oxygen atoms in total. The van der Waals surface area contributed by atoms with Gasteiger partial charge in [-0.2, -0.15) is 0 Å². The molecule has 2 heterocycles. The molecule has 0 saturated carbocycles. The van der Waals surface area contributed by atoms with Crippen LogP contribution in [0.5, 0.6) is 0 Å². The predicted octanol–water partition coefficient (Wildman–Crippen LogP) is 1.28. The standard InChI is InChI=1S/C11H12N2O4/c14-13(15)9-3-1-8(2-4-9)11-10-5-16-6-12(10)7-17-11/h1-4,10-11H,5-7H2/t10-,11+/m1/s1. The van der Waals surface area contributed by atoms with Crippen LogP contribution in [-0.2, 0) is 9.47 Å². The Morgan fingerprint density at radius 1 is 1.29 bits per heavy atom. The topological polar surface area (TPSA) is 64.8 Å². The molecule has 2 aliphatic rings. The summed E-state index contributed by atoms with van der Waals surface area (Å²) in [6.07, 6.45) is -0.0432. The number of hydrogen-bond acceptors (Lipinski definition) is 5. The number of nitrogens with zero attached hydrogens (tertiary/aromatic N) is 2. The van der Waals surface area contributed by atoms with Crippen LogP contribution in [0.3, 0.4) is 0 Å². The molecule has 2 saturated heterocycles. The summed E-state index contributed by atoms with van der Waals surface area (Å²) in [4.78, 5) is 12.3. The first-order chi connectivity index (χ1) is 8.25. The van der Waals surface area contributed by atoms with E-state index in [0.717, 1.165) is 5.56 Å². The van der Waals surface area contributed by atoms with Crippen molar-refractivity contribution >= 4 is 5.69 Å². The lowest BCUT2D eigenvalue weighted by Crippen LogP contribution is -2.27. The first-order valence-corrected chi connectivity index (χ1v) is 5.43. The smallest absolute Gasteiger partial charge is 0.269 e. The Kier molecular flexibility index (Phi) is 2.54. The van der Waals surface area contributed by atoms with Crippen molar-refractivity contribution in [3.05, 3.63) is 39.9 Å². The van der Waals surface area contributed by atoms with Gasteiger partial charge < -0.3 is 9.47 Å². The molecule has 90 valence electrons. The quantitative estimate of drug-likeness (QED) is 0.571. The van der Waals surface area contributed by atoms with E-state index >= 15 is 0 Å². The molecule has 2 aliphatic heterocycles. The van der Waals surface area contributed by atoms with Crippen LogP contribution in [0.15, 0.2) is 24.3 Å². The van der Waals surface area contributed by atoms with E-state index in [9.17, 15) is 10.1 Å². The summed E-state index contributed by atoms with van der Waals surface area (Å²) in [5.74, 6) is 0. The summed E-state index contributed by atoms with van der Waals surface area (Å²) in [5.41, 5.74) is 1.07. The lowest BCUT2D eigenvalue weighted by atomic mass is 10.0. The van der Waals surface area contributed by atoms with E-state index in [0.29, 0.717) is 20.1 Å². The number of benzene rings is 1. The minimum absolute atomic E-state index is 0.0432. The van der Waals surface area contributed by atoms with Gasteiger partial charge in [-0.1, -0.05) is 0 Å². The number of ether oxygens (including phenoxy) is 2. The summed E-state index contributed by atoms with van der Waals surface area (Å²) < 4.78 is 11.0. The van der Waals surface area contributed by atoms with E-state index in [1.54, 1.807) is 12.1 Å². The number of non-ortho nitro benzene ring substituents is 1. The van der Waals surface area contributed by atoms with Crippen molar-refractivity contribution in [2.24, 2.45) is 0 Å². The van der Waals surface area contributed by atoms with Crippen LogP contribution in [0.2, 0.25) is 0 Å². The fourth-order valence-corrected chi connectivity index (χ4v) is 2.29. The highest BCUT2D eigenvalue weighted by Crippen LogP contribution is 2.34. The molecule has 0 amide bonds. The lowest BCUT2D eigenvalue weighted by Gasteiger charge is -2.15. The SMILES string of the molecule is O=[N+]([O-])c1ccc([C@@H]2OCN3COC[C@H]23)cc1. The molecule has 0 radical (unpaired) electrons. The van der Waals surface area contributed by atoms with Crippen LogP contribution >= 0.6 is 0 Å². The molecular weight excluding hydrogens is 224 g/mol. The number of rotatable bonds is 2. The average molecular weight is 236 g/mol. The van der Waals surface area contributed by atoms with Crippen molar-refractivity contribution in [3.63, 3.8) is 0 Å². The fourth-order valence-electron chi connectivity index (χ4n) is 2.29. The van der Waals surface area contributed by atoms with Crippen molar-refractivity contribution in [2.75, 3.05) is 20.1 Å². The number of nitro benzene ring substituents is 1. The molecule has 6 heteroatoms. The van der Waals surface area contributed by atoms with Crippen molar-refractivity contribution in [1.82, 2.24) is 4.90 Å². The van der Waals surface area contributed by atoms with Crippen molar-refractivity contribution < 1.29 is 14.4 Å². The Labute approximate surface area is 97.9 Å². The normalized spacial score (nSPS) is 28.2. The van der Waals surface area contributed by atoms with E-state index in [-0.39, 0.29) is 17.8 Å². The molecular formula is C11H12N2O4. The summed E-state index contributed by atoms with van der Waals surface area (Å²) in [6.45, 7) is 1.82. The number of nitro groups is 1. The molecule has 0 unspecified atom stereocenters. The summed E-state index contributed by atoms with van der Waals surface area (Å²) in [6, 6.07) is 6.76. The van der Waals surface area contributed by atoms with E-state index in [2.05, 4.69) is 4.90 Å². The highest BCUT2D eigenvalue weighted by atomic mass is 16.6. The van der Waals surface area contributed by atoms with Gasteiger partial charge in [0.2, 0.25) is 0 Å². The second-order valence-corrected chi connectivity index (χ2v) is 4.22. The molecule has 0 aromatic heterocycles. The van der Waals surface area contributed by atoms with Crippen molar-refractivity contribution in [2.45, 2.75) is 12.1 Å². The molecule has 17 heavy (non-hydrogen) atoms. The lowest BCUT2D eigenvalue weighted by molar-refractivity contribution is -0.384. The fraction of sp³-hybridized carbons (Fsp3) is 0.455. The van der Waals surface area contributed by atoms with Gasteiger partial charge >= 0.3 is 0 Å². The zero-order valence-electron chi connectivity index (χ0n) is 9.11. The second kappa shape index (κ2) is 4.06. The van der Waals surface area contributed by atoms with Crippen molar-refractivity contribution in [3.8, 4) is 0 Å². The first kappa shape index (κ1) is 10.6. The van der Waals surface area contributed by atoms with Gasteiger partial charge in [0.15, 0.2) is 0 Å². The maximum Gasteiger partial charge on any atom is 0.269 e. The van der Waals surface area contributed by atoms with E-state index in [1.807, 2.05) is 0 Å². The van der Waals surface area contributed by atoms with E-state index in [1.165, 1.54) is 12.1 Å². The minimum Gasteiger partial charge on any atom is -0.364 e. The molecule has 2 fully saturated rings. The van der Waals surface area contributed by atoms with Gasteiger partial charge in [-0.3, -0.25) is 10.1 Å². The van der Waals surface area contributed by atoms with Gasteiger partial charge in [0.1, 0.15) is 19.6 Å². The minimum atomic E-state index is -0.399. The van der Waals surface area contributed by atoms with Gasteiger partial charge in [0.25, 0.3) is 5.69 Å². The van der Waals surface area contributed by atoms with Crippen LogP contribution in [-0.4, -0.2) is 35.9 Å². The molecule has 1 aromatic carbocycles. The summed E-state index contributed by atoms with van der Waals surface area (Å²) in [5, 5.41) is 10.6. The molecule has 2 atom stereocenters. The Balaban J connectivity index is 1.82. The third kappa shape index (κ3) is 1.80. The molecule has 0 aliphatic carbocycles. The maximum atomic E-state index is 10.6.